The zero-order valence-corrected chi connectivity index (χ0v) is 12.8. The lowest BCUT2D eigenvalue weighted by molar-refractivity contribution is 0.497. The van der Waals surface area contributed by atoms with Crippen LogP contribution >= 0.6 is 22.9 Å². The van der Waals surface area contributed by atoms with Gasteiger partial charge < -0.3 is 5.32 Å². The lowest BCUT2D eigenvalue weighted by Crippen LogP contribution is -2.23. The highest BCUT2D eigenvalue weighted by Crippen LogP contribution is 2.20. The second-order valence-electron chi connectivity index (χ2n) is 4.73. The standard InChI is InChI=1S/C16H20ClNS/c1-2-3-16(14-4-6-15(17)7-5-14)18-10-8-13-9-11-19-12-13/h4-7,9,11-12,16,18H,2-3,8,10H2,1H3. The average molecular weight is 294 g/mol. The molecule has 3 heteroatoms. The van der Waals surface area contributed by atoms with Crippen molar-refractivity contribution in [2.75, 3.05) is 6.54 Å². The van der Waals surface area contributed by atoms with E-state index in [1.807, 2.05) is 12.1 Å². The Morgan fingerprint density at radius 1 is 1.21 bits per heavy atom. The van der Waals surface area contributed by atoms with Gasteiger partial charge in [-0.2, -0.15) is 11.3 Å². The maximum atomic E-state index is 5.95. The van der Waals surface area contributed by atoms with E-state index in [0.717, 1.165) is 24.4 Å². The summed E-state index contributed by atoms with van der Waals surface area (Å²) < 4.78 is 0. The lowest BCUT2D eigenvalue weighted by Gasteiger charge is -2.18. The summed E-state index contributed by atoms with van der Waals surface area (Å²) in [5.41, 5.74) is 2.75. The normalized spacial score (nSPS) is 12.5. The molecule has 2 rings (SSSR count). The van der Waals surface area contributed by atoms with E-state index in [0.29, 0.717) is 6.04 Å². The van der Waals surface area contributed by atoms with Gasteiger partial charge in [0, 0.05) is 11.1 Å². The molecule has 0 aliphatic rings. The highest BCUT2D eigenvalue weighted by Gasteiger charge is 2.09. The molecule has 0 radical (unpaired) electrons. The first kappa shape index (κ1) is 14.6. The molecule has 0 aliphatic carbocycles. The van der Waals surface area contributed by atoms with Crippen molar-refractivity contribution in [3.63, 3.8) is 0 Å². The summed E-state index contributed by atoms with van der Waals surface area (Å²) in [7, 11) is 0. The van der Waals surface area contributed by atoms with Crippen molar-refractivity contribution in [3.8, 4) is 0 Å². The Hall–Kier alpha value is -0.830. The molecule has 1 heterocycles. The van der Waals surface area contributed by atoms with Gasteiger partial charge in [0.25, 0.3) is 0 Å². The molecule has 0 amide bonds. The summed E-state index contributed by atoms with van der Waals surface area (Å²) >= 11 is 7.71. The van der Waals surface area contributed by atoms with Crippen molar-refractivity contribution in [3.05, 3.63) is 57.2 Å². The quantitative estimate of drug-likeness (QED) is 0.751. The summed E-state index contributed by atoms with van der Waals surface area (Å²) in [6.45, 7) is 3.24. The predicted molar refractivity (Wildman–Crippen MR) is 85.1 cm³/mol. The van der Waals surface area contributed by atoms with Crippen LogP contribution in [0.5, 0.6) is 0 Å². The first-order valence-corrected chi connectivity index (χ1v) is 8.11. The van der Waals surface area contributed by atoms with Gasteiger partial charge in [0.1, 0.15) is 0 Å². The van der Waals surface area contributed by atoms with Crippen LogP contribution in [-0.2, 0) is 6.42 Å². The third-order valence-corrected chi connectivity index (χ3v) is 4.22. The number of halogens is 1. The van der Waals surface area contributed by atoms with Crippen molar-refractivity contribution in [1.82, 2.24) is 5.32 Å². The first-order chi connectivity index (χ1) is 9.29. The highest BCUT2D eigenvalue weighted by atomic mass is 35.5. The average Bonchev–Trinajstić information content (AvgIpc) is 2.92. The van der Waals surface area contributed by atoms with E-state index in [4.69, 9.17) is 11.6 Å². The second-order valence-corrected chi connectivity index (χ2v) is 5.95. The van der Waals surface area contributed by atoms with Gasteiger partial charge >= 0.3 is 0 Å². The van der Waals surface area contributed by atoms with Crippen LogP contribution in [0.3, 0.4) is 0 Å². The van der Waals surface area contributed by atoms with Gasteiger partial charge in [0.15, 0.2) is 0 Å². The monoisotopic (exact) mass is 293 g/mol. The predicted octanol–water partition coefficient (Wildman–Crippen LogP) is 5.08. The minimum absolute atomic E-state index is 0.431. The van der Waals surface area contributed by atoms with Crippen LogP contribution in [0.1, 0.15) is 36.9 Å². The molecule has 1 nitrogen and oxygen atoms in total. The van der Waals surface area contributed by atoms with Crippen molar-refractivity contribution in [1.29, 1.82) is 0 Å². The third kappa shape index (κ3) is 4.64. The molecule has 19 heavy (non-hydrogen) atoms. The molecule has 2 aromatic rings. The van der Waals surface area contributed by atoms with Gasteiger partial charge in [-0.1, -0.05) is 37.1 Å². The number of hydrogen-bond donors (Lipinski definition) is 1. The highest BCUT2D eigenvalue weighted by molar-refractivity contribution is 7.07. The Morgan fingerprint density at radius 3 is 2.63 bits per heavy atom. The van der Waals surface area contributed by atoms with Gasteiger partial charge in [-0.25, -0.2) is 0 Å². The summed E-state index contributed by atoms with van der Waals surface area (Å²) in [6, 6.07) is 10.8. The molecule has 102 valence electrons. The smallest absolute Gasteiger partial charge is 0.0406 e. The molecule has 1 N–H and O–H groups in total. The van der Waals surface area contributed by atoms with Gasteiger partial charge in [-0.05, 0) is 59.5 Å². The fraction of sp³-hybridized carbons (Fsp3) is 0.375. The number of nitrogens with one attached hydrogen (secondary N) is 1. The van der Waals surface area contributed by atoms with Crippen LogP contribution < -0.4 is 5.32 Å². The zero-order valence-electron chi connectivity index (χ0n) is 11.2. The number of hydrogen-bond acceptors (Lipinski definition) is 2. The fourth-order valence-corrected chi connectivity index (χ4v) is 3.03. The van der Waals surface area contributed by atoms with Crippen LogP contribution in [0.2, 0.25) is 5.02 Å². The summed E-state index contributed by atoms with van der Waals surface area (Å²) in [5, 5.41) is 8.82. The first-order valence-electron chi connectivity index (χ1n) is 6.79. The number of thiophene rings is 1. The molecule has 0 aliphatic heterocycles. The van der Waals surface area contributed by atoms with E-state index in [9.17, 15) is 0 Å². The molecule has 1 atom stereocenters. The fourth-order valence-electron chi connectivity index (χ4n) is 2.20. The molecule has 0 bridgehead atoms. The SMILES string of the molecule is CCCC(NCCc1ccsc1)c1ccc(Cl)cc1. The Morgan fingerprint density at radius 2 is 2.00 bits per heavy atom. The van der Waals surface area contributed by atoms with Gasteiger partial charge in [-0.3, -0.25) is 0 Å². The topological polar surface area (TPSA) is 12.0 Å². The maximum Gasteiger partial charge on any atom is 0.0406 e. The number of benzene rings is 1. The van der Waals surface area contributed by atoms with Crippen LogP contribution in [0, 0.1) is 0 Å². The van der Waals surface area contributed by atoms with Crippen molar-refractivity contribution >= 4 is 22.9 Å². The molecule has 0 fully saturated rings. The molecule has 1 aromatic heterocycles. The van der Waals surface area contributed by atoms with Crippen molar-refractivity contribution < 1.29 is 0 Å². The molecule has 1 aromatic carbocycles. The molecular formula is C16H20ClNS. The van der Waals surface area contributed by atoms with Crippen LogP contribution in [0.15, 0.2) is 41.1 Å². The second kappa shape index (κ2) is 7.68. The largest absolute Gasteiger partial charge is 0.310 e. The van der Waals surface area contributed by atoms with E-state index in [1.165, 1.54) is 17.5 Å². The maximum absolute atomic E-state index is 5.95. The minimum Gasteiger partial charge on any atom is -0.310 e. The minimum atomic E-state index is 0.431. The van der Waals surface area contributed by atoms with E-state index in [2.05, 4.69) is 41.2 Å². The molecule has 0 saturated carbocycles. The number of rotatable bonds is 7. The Labute approximate surface area is 124 Å². The molecular weight excluding hydrogens is 274 g/mol. The lowest BCUT2D eigenvalue weighted by atomic mass is 10.0. The van der Waals surface area contributed by atoms with Gasteiger partial charge in [0.05, 0.1) is 0 Å². The molecule has 0 spiro atoms. The molecule has 0 saturated heterocycles. The van der Waals surface area contributed by atoms with Gasteiger partial charge in [0.2, 0.25) is 0 Å². The summed E-state index contributed by atoms with van der Waals surface area (Å²) in [5.74, 6) is 0. The Bertz CT molecular complexity index is 464. The van der Waals surface area contributed by atoms with E-state index >= 15 is 0 Å². The van der Waals surface area contributed by atoms with Crippen LogP contribution in [0.25, 0.3) is 0 Å². The van der Waals surface area contributed by atoms with E-state index < -0.39 is 0 Å². The van der Waals surface area contributed by atoms with E-state index in [1.54, 1.807) is 11.3 Å². The summed E-state index contributed by atoms with van der Waals surface area (Å²) in [4.78, 5) is 0. The van der Waals surface area contributed by atoms with Gasteiger partial charge in [-0.15, -0.1) is 0 Å². The van der Waals surface area contributed by atoms with Crippen molar-refractivity contribution in [2.24, 2.45) is 0 Å². The van der Waals surface area contributed by atoms with Crippen LogP contribution in [0.4, 0.5) is 0 Å². The zero-order chi connectivity index (χ0) is 13.5. The van der Waals surface area contributed by atoms with E-state index in [-0.39, 0.29) is 0 Å². The Kier molecular flexibility index (Phi) is 5.90. The summed E-state index contributed by atoms with van der Waals surface area (Å²) in [6.07, 6.45) is 3.43. The third-order valence-electron chi connectivity index (χ3n) is 3.23. The Balaban J connectivity index is 1.90. The van der Waals surface area contributed by atoms with Crippen molar-refractivity contribution in [2.45, 2.75) is 32.2 Å². The molecule has 1 unspecified atom stereocenters. The van der Waals surface area contributed by atoms with Crippen LogP contribution in [-0.4, -0.2) is 6.54 Å².